The van der Waals surface area contributed by atoms with E-state index in [0.29, 0.717) is 29.2 Å². The van der Waals surface area contributed by atoms with Crippen molar-refractivity contribution in [2.24, 2.45) is 5.92 Å². The predicted octanol–water partition coefficient (Wildman–Crippen LogP) is 5.25. The second-order valence-corrected chi connectivity index (χ2v) is 8.35. The van der Waals surface area contributed by atoms with Crippen LogP contribution in [0.4, 0.5) is 11.4 Å². The Kier molecular flexibility index (Phi) is 8.03. The van der Waals surface area contributed by atoms with Crippen LogP contribution in [0.5, 0.6) is 11.5 Å². The van der Waals surface area contributed by atoms with E-state index in [-0.39, 0.29) is 23.3 Å². The summed E-state index contributed by atoms with van der Waals surface area (Å²) < 4.78 is 10.7. The highest BCUT2D eigenvalue weighted by atomic mass is 16.6. The van der Waals surface area contributed by atoms with Crippen molar-refractivity contribution in [3.63, 3.8) is 0 Å². The highest BCUT2D eigenvalue weighted by Crippen LogP contribution is 2.37. The summed E-state index contributed by atoms with van der Waals surface area (Å²) in [6, 6.07) is 9.98. The Labute approximate surface area is 193 Å². The fourth-order valence-electron chi connectivity index (χ4n) is 4.53. The Morgan fingerprint density at radius 3 is 2.21 bits per heavy atom. The maximum Gasteiger partial charge on any atom is 0.269 e. The van der Waals surface area contributed by atoms with Crippen LogP contribution in [0.1, 0.15) is 57.1 Å². The molecule has 8 nitrogen and oxygen atoms in total. The second kappa shape index (κ2) is 10.9. The van der Waals surface area contributed by atoms with Gasteiger partial charge in [-0.1, -0.05) is 32.1 Å². The summed E-state index contributed by atoms with van der Waals surface area (Å²) in [6.07, 6.45) is 5.74. The molecule has 1 unspecified atom stereocenters. The minimum absolute atomic E-state index is 0.0716. The normalized spacial score (nSPS) is 14.9. The Balaban J connectivity index is 2.05. The summed E-state index contributed by atoms with van der Waals surface area (Å²) in [4.78, 5) is 38.6. The number of carbonyl (C=O) groups excluding carboxylic acids is 2. The van der Waals surface area contributed by atoms with Crippen LogP contribution >= 0.6 is 0 Å². The summed E-state index contributed by atoms with van der Waals surface area (Å²) in [6.45, 7) is 1.41. The van der Waals surface area contributed by atoms with Gasteiger partial charge < -0.3 is 9.47 Å². The van der Waals surface area contributed by atoms with Crippen molar-refractivity contribution in [3.05, 3.63) is 58.1 Å². The molecule has 3 rings (SSSR count). The van der Waals surface area contributed by atoms with Gasteiger partial charge in [0.15, 0.2) is 17.3 Å². The van der Waals surface area contributed by atoms with E-state index in [0.717, 1.165) is 25.7 Å². The van der Waals surface area contributed by atoms with Gasteiger partial charge in [0.25, 0.3) is 5.69 Å². The zero-order valence-electron chi connectivity index (χ0n) is 19.3. The number of ketones is 1. The molecule has 176 valence electrons. The van der Waals surface area contributed by atoms with Crippen molar-refractivity contribution in [2.75, 3.05) is 19.1 Å². The molecular formula is C25H30N2O6. The van der Waals surface area contributed by atoms with Gasteiger partial charge in [-0.2, -0.15) is 0 Å². The quantitative estimate of drug-likeness (QED) is 0.379. The van der Waals surface area contributed by atoms with Gasteiger partial charge in [0, 0.05) is 37.2 Å². The predicted molar refractivity (Wildman–Crippen MR) is 125 cm³/mol. The maximum atomic E-state index is 13.6. The number of rotatable bonds is 9. The van der Waals surface area contributed by atoms with Crippen molar-refractivity contribution in [2.45, 2.75) is 51.5 Å². The zero-order valence-corrected chi connectivity index (χ0v) is 19.3. The van der Waals surface area contributed by atoms with Crippen molar-refractivity contribution in [1.82, 2.24) is 0 Å². The van der Waals surface area contributed by atoms with Crippen LogP contribution in [-0.4, -0.2) is 30.8 Å². The molecule has 0 spiro atoms. The summed E-state index contributed by atoms with van der Waals surface area (Å²) in [5.41, 5.74) is 0.949. The fourth-order valence-corrected chi connectivity index (χ4v) is 4.53. The monoisotopic (exact) mass is 454 g/mol. The van der Waals surface area contributed by atoms with Gasteiger partial charge in [-0.25, -0.2) is 0 Å². The molecule has 2 aromatic carbocycles. The number of non-ortho nitro benzene ring substituents is 1. The van der Waals surface area contributed by atoms with Gasteiger partial charge in [-0.05, 0) is 35.7 Å². The number of nitro groups is 1. The highest BCUT2D eigenvalue weighted by Gasteiger charge is 2.33. The van der Waals surface area contributed by atoms with E-state index in [2.05, 4.69) is 0 Å². The fraction of sp³-hybridized carbons (Fsp3) is 0.440. The summed E-state index contributed by atoms with van der Waals surface area (Å²) >= 11 is 0. The largest absolute Gasteiger partial charge is 0.493 e. The summed E-state index contributed by atoms with van der Waals surface area (Å²) in [5, 5.41) is 11.1. The van der Waals surface area contributed by atoms with Crippen LogP contribution in [0.3, 0.4) is 0 Å². The number of hydrogen-bond acceptors (Lipinski definition) is 6. The maximum absolute atomic E-state index is 13.6. The number of hydrogen-bond donors (Lipinski definition) is 0. The third-order valence-electron chi connectivity index (χ3n) is 6.18. The van der Waals surface area contributed by atoms with E-state index in [9.17, 15) is 19.7 Å². The molecule has 1 fully saturated rings. The first-order chi connectivity index (χ1) is 15.8. The van der Waals surface area contributed by atoms with Crippen molar-refractivity contribution in [3.8, 4) is 11.5 Å². The van der Waals surface area contributed by atoms with Gasteiger partial charge >= 0.3 is 0 Å². The van der Waals surface area contributed by atoms with Gasteiger partial charge in [-0.15, -0.1) is 0 Å². The SMILES string of the molecule is COc1ccc(N(C(C)=O)C(C(=O)CC2CCCCC2)c2ccc([N+](=O)[O-])cc2)cc1OC. The number of benzene rings is 2. The summed E-state index contributed by atoms with van der Waals surface area (Å²) in [5.74, 6) is 0.822. The van der Waals surface area contributed by atoms with E-state index < -0.39 is 11.0 Å². The Hall–Kier alpha value is -3.42. The van der Waals surface area contributed by atoms with Gasteiger partial charge in [0.1, 0.15) is 6.04 Å². The molecule has 1 saturated carbocycles. The zero-order chi connectivity index (χ0) is 24.0. The smallest absolute Gasteiger partial charge is 0.269 e. The molecule has 8 heteroatoms. The number of nitro benzene ring substituents is 1. The number of amides is 1. The van der Waals surface area contributed by atoms with Crippen molar-refractivity contribution < 1.29 is 24.0 Å². The van der Waals surface area contributed by atoms with Crippen molar-refractivity contribution in [1.29, 1.82) is 0 Å². The lowest BCUT2D eigenvalue weighted by molar-refractivity contribution is -0.384. The number of methoxy groups -OCH3 is 2. The average Bonchev–Trinajstić information content (AvgIpc) is 2.82. The molecule has 0 saturated heterocycles. The number of anilines is 1. The van der Waals surface area contributed by atoms with Crippen LogP contribution in [0.25, 0.3) is 0 Å². The topological polar surface area (TPSA) is 99.0 Å². The molecule has 0 radical (unpaired) electrons. The number of ether oxygens (including phenoxy) is 2. The lowest BCUT2D eigenvalue weighted by Gasteiger charge is -2.32. The molecule has 2 aromatic rings. The highest BCUT2D eigenvalue weighted by molar-refractivity contribution is 6.01. The van der Waals surface area contributed by atoms with Crippen LogP contribution in [0.2, 0.25) is 0 Å². The molecule has 0 aromatic heterocycles. The Morgan fingerprint density at radius 2 is 1.67 bits per heavy atom. The lowest BCUT2D eigenvalue weighted by atomic mass is 9.83. The molecule has 0 bridgehead atoms. The molecule has 0 heterocycles. The molecule has 33 heavy (non-hydrogen) atoms. The van der Waals surface area contributed by atoms with Crippen molar-refractivity contribution >= 4 is 23.1 Å². The van der Waals surface area contributed by atoms with E-state index in [1.807, 2.05) is 0 Å². The van der Waals surface area contributed by atoms with E-state index >= 15 is 0 Å². The van der Waals surface area contributed by atoms with E-state index in [1.165, 1.54) is 44.6 Å². The van der Waals surface area contributed by atoms with Crippen LogP contribution in [0.15, 0.2) is 42.5 Å². The molecule has 1 atom stereocenters. The molecule has 1 aliphatic carbocycles. The second-order valence-electron chi connectivity index (χ2n) is 8.35. The third kappa shape index (κ3) is 5.69. The van der Waals surface area contributed by atoms with Crippen LogP contribution < -0.4 is 14.4 Å². The molecular weight excluding hydrogens is 424 g/mol. The van der Waals surface area contributed by atoms with Crippen LogP contribution in [0, 0.1) is 16.0 Å². The van der Waals surface area contributed by atoms with Crippen LogP contribution in [-0.2, 0) is 9.59 Å². The molecule has 0 N–H and O–H groups in total. The number of carbonyl (C=O) groups is 2. The first kappa shape index (κ1) is 24.2. The average molecular weight is 455 g/mol. The third-order valence-corrected chi connectivity index (χ3v) is 6.18. The standard InChI is InChI=1S/C25H30N2O6/c1-17(28)26(21-13-14-23(32-2)24(16-21)33-3)25(19-9-11-20(12-10-19)27(30)31)22(29)15-18-7-5-4-6-8-18/h9-14,16,18,25H,4-8,15H2,1-3H3. The lowest BCUT2D eigenvalue weighted by Crippen LogP contribution is -2.38. The van der Waals surface area contributed by atoms with Gasteiger partial charge in [0.2, 0.25) is 5.91 Å². The number of Topliss-reactive ketones (excluding diaryl/α,β-unsaturated/α-hetero) is 1. The molecule has 1 amide bonds. The molecule has 0 aliphatic heterocycles. The van der Waals surface area contributed by atoms with Gasteiger partial charge in [0.05, 0.1) is 19.1 Å². The van der Waals surface area contributed by atoms with E-state index in [4.69, 9.17) is 9.47 Å². The molecule has 1 aliphatic rings. The van der Waals surface area contributed by atoms with Gasteiger partial charge in [-0.3, -0.25) is 24.6 Å². The minimum atomic E-state index is -0.900. The first-order valence-electron chi connectivity index (χ1n) is 11.1. The van der Waals surface area contributed by atoms with E-state index in [1.54, 1.807) is 30.3 Å². The summed E-state index contributed by atoms with van der Waals surface area (Å²) in [7, 11) is 3.02. The number of nitrogens with zero attached hydrogens (tertiary/aromatic N) is 2. The Bertz CT molecular complexity index is 998. The first-order valence-corrected chi connectivity index (χ1v) is 11.1. The Morgan fingerprint density at radius 1 is 1.03 bits per heavy atom. The minimum Gasteiger partial charge on any atom is -0.493 e.